The lowest BCUT2D eigenvalue weighted by molar-refractivity contribution is -0.129. The number of carbonyl (C=O) groups is 3. The van der Waals surface area contributed by atoms with Gasteiger partial charge < -0.3 is 15.4 Å². The molecule has 1 aliphatic rings. The number of rotatable bonds is 2. The second-order valence-corrected chi connectivity index (χ2v) is 4.96. The number of nitrogens with one attached hydrogen (secondary N) is 2. The number of cyclic esters (lactones) is 1. The normalized spacial score (nSPS) is 29.1. The summed E-state index contributed by atoms with van der Waals surface area (Å²) >= 11 is 0. The van der Waals surface area contributed by atoms with E-state index in [4.69, 9.17) is 4.74 Å². The Bertz CT molecular complexity index is 406. The van der Waals surface area contributed by atoms with Crippen LogP contribution in [0.1, 0.15) is 27.2 Å². The molecule has 112 valence electrons. The summed E-state index contributed by atoms with van der Waals surface area (Å²) in [5.41, 5.74) is 0. The van der Waals surface area contributed by atoms with Gasteiger partial charge in [-0.25, -0.2) is 4.79 Å². The van der Waals surface area contributed by atoms with Crippen molar-refractivity contribution in [2.24, 2.45) is 11.8 Å². The molecule has 1 saturated heterocycles. The van der Waals surface area contributed by atoms with E-state index < -0.39 is 12.1 Å². The molecular formula is C14H22N2O4. The predicted molar refractivity (Wildman–Crippen MR) is 74.0 cm³/mol. The minimum atomic E-state index is -0.721. The molecule has 1 aliphatic heterocycles. The van der Waals surface area contributed by atoms with Gasteiger partial charge in [0.05, 0.1) is 6.61 Å². The largest absolute Gasteiger partial charge is 0.450 e. The van der Waals surface area contributed by atoms with Crippen molar-refractivity contribution < 1.29 is 19.1 Å². The summed E-state index contributed by atoms with van der Waals surface area (Å²) in [4.78, 5) is 35.1. The van der Waals surface area contributed by atoms with Crippen molar-refractivity contribution in [3.8, 4) is 0 Å². The van der Waals surface area contributed by atoms with E-state index in [2.05, 4.69) is 10.6 Å². The highest BCUT2D eigenvalue weighted by Crippen LogP contribution is 2.18. The van der Waals surface area contributed by atoms with Crippen LogP contribution in [0.3, 0.4) is 0 Å². The molecule has 20 heavy (non-hydrogen) atoms. The molecule has 0 bridgehead atoms. The van der Waals surface area contributed by atoms with Gasteiger partial charge in [-0.3, -0.25) is 9.59 Å². The topological polar surface area (TPSA) is 84.5 Å². The van der Waals surface area contributed by atoms with Crippen LogP contribution in [0, 0.1) is 11.8 Å². The van der Waals surface area contributed by atoms with Crippen LogP contribution in [0.2, 0.25) is 0 Å². The van der Waals surface area contributed by atoms with Gasteiger partial charge in [0.15, 0.2) is 5.78 Å². The van der Waals surface area contributed by atoms with E-state index in [1.807, 2.05) is 26.0 Å². The fourth-order valence-electron chi connectivity index (χ4n) is 2.08. The van der Waals surface area contributed by atoms with Crippen LogP contribution >= 0.6 is 0 Å². The van der Waals surface area contributed by atoms with Gasteiger partial charge in [0.1, 0.15) is 6.04 Å². The summed E-state index contributed by atoms with van der Waals surface area (Å²) in [6.45, 7) is 5.35. The minimum absolute atomic E-state index is 0.0292. The molecule has 6 heteroatoms. The molecule has 0 saturated carbocycles. The lowest BCUT2D eigenvalue weighted by atomic mass is 9.89. The smallest absolute Gasteiger partial charge is 0.407 e. The van der Waals surface area contributed by atoms with Crippen LogP contribution in [-0.4, -0.2) is 37.0 Å². The van der Waals surface area contributed by atoms with Crippen molar-refractivity contribution in [2.45, 2.75) is 33.2 Å². The standard InChI is InChI=1S/C14H22N2O4/c1-4-5-11-6-7-20-14(19)15-8-12(10(3)17)16-13(18)9(11)2/h4-5,9,11-12H,6-8H2,1-3H3,(H,15,19)(H,16,18)/b5-4+/t9-,11+,12+/m1/s1. The number of ketones is 1. The first-order chi connectivity index (χ1) is 9.45. The summed E-state index contributed by atoms with van der Waals surface area (Å²) < 4.78 is 5.03. The Hall–Kier alpha value is -1.85. The molecule has 6 nitrogen and oxygen atoms in total. The highest BCUT2D eigenvalue weighted by atomic mass is 16.5. The van der Waals surface area contributed by atoms with Gasteiger partial charge in [-0.15, -0.1) is 0 Å². The van der Waals surface area contributed by atoms with E-state index in [0.29, 0.717) is 6.42 Å². The molecule has 0 radical (unpaired) electrons. The van der Waals surface area contributed by atoms with E-state index in [1.165, 1.54) is 6.92 Å². The second-order valence-electron chi connectivity index (χ2n) is 4.96. The zero-order chi connectivity index (χ0) is 15.1. The van der Waals surface area contributed by atoms with Crippen molar-refractivity contribution in [3.63, 3.8) is 0 Å². The molecule has 2 N–H and O–H groups in total. The van der Waals surface area contributed by atoms with E-state index >= 15 is 0 Å². The Labute approximate surface area is 118 Å². The Morgan fingerprint density at radius 2 is 2.10 bits per heavy atom. The first kappa shape index (κ1) is 16.2. The Morgan fingerprint density at radius 1 is 1.40 bits per heavy atom. The molecule has 1 rings (SSSR count). The average Bonchev–Trinajstić information content (AvgIpc) is 2.42. The SMILES string of the molecule is C/C=C/[C@H]1CCOC(=O)NC[C@@H](C(C)=O)NC(=O)[C@@H]1C. The molecule has 0 spiro atoms. The highest BCUT2D eigenvalue weighted by Gasteiger charge is 2.27. The molecule has 1 heterocycles. The fourth-order valence-corrected chi connectivity index (χ4v) is 2.08. The Morgan fingerprint density at radius 3 is 2.70 bits per heavy atom. The lowest BCUT2D eigenvalue weighted by Crippen LogP contribution is -2.49. The zero-order valence-corrected chi connectivity index (χ0v) is 12.1. The summed E-state index contributed by atoms with van der Waals surface area (Å²) in [5, 5.41) is 5.16. The molecule has 0 aromatic carbocycles. The summed E-state index contributed by atoms with van der Waals surface area (Å²) in [6, 6.07) is -0.721. The van der Waals surface area contributed by atoms with Crippen LogP contribution in [0.5, 0.6) is 0 Å². The maximum Gasteiger partial charge on any atom is 0.407 e. The van der Waals surface area contributed by atoms with E-state index in [-0.39, 0.29) is 36.7 Å². The van der Waals surface area contributed by atoms with Crippen molar-refractivity contribution >= 4 is 17.8 Å². The number of alkyl carbamates (subject to hydrolysis) is 1. The second kappa shape index (κ2) is 7.67. The van der Waals surface area contributed by atoms with Crippen LogP contribution in [0.15, 0.2) is 12.2 Å². The number of Topliss-reactive ketones (excluding diaryl/α,β-unsaturated/α-hetero) is 1. The number of allylic oxidation sites excluding steroid dienone is 2. The Balaban J connectivity index is 2.89. The minimum Gasteiger partial charge on any atom is -0.450 e. The maximum absolute atomic E-state index is 12.2. The van der Waals surface area contributed by atoms with Gasteiger partial charge >= 0.3 is 6.09 Å². The maximum atomic E-state index is 12.2. The molecule has 0 aromatic heterocycles. The lowest BCUT2D eigenvalue weighted by Gasteiger charge is -2.22. The number of hydrogen-bond acceptors (Lipinski definition) is 4. The van der Waals surface area contributed by atoms with Crippen LogP contribution < -0.4 is 10.6 Å². The first-order valence-electron chi connectivity index (χ1n) is 6.80. The van der Waals surface area contributed by atoms with Crippen LogP contribution in [-0.2, 0) is 14.3 Å². The third-order valence-corrected chi connectivity index (χ3v) is 3.44. The van der Waals surface area contributed by atoms with Crippen molar-refractivity contribution in [2.75, 3.05) is 13.2 Å². The molecule has 1 fully saturated rings. The van der Waals surface area contributed by atoms with Gasteiger partial charge in [-0.05, 0) is 26.2 Å². The Kier molecular flexibility index (Phi) is 6.21. The molecule has 0 aromatic rings. The number of amides is 2. The molecular weight excluding hydrogens is 260 g/mol. The molecule has 3 atom stereocenters. The van der Waals surface area contributed by atoms with Gasteiger partial charge in [0.25, 0.3) is 0 Å². The van der Waals surface area contributed by atoms with Gasteiger partial charge in [0, 0.05) is 12.5 Å². The first-order valence-corrected chi connectivity index (χ1v) is 6.80. The monoisotopic (exact) mass is 282 g/mol. The summed E-state index contributed by atoms with van der Waals surface area (Å²) in [7, 11) is 0. The fraction of sp³-hybridized carbons (Fsp3) is 0.643. The summed E-state index contributed by atoms with van der Waals surface area (Å²) in [6.07, 6.45) is 3.79. The molecule has 0 unspecified atom stereocenters. The zero-order valence-electron chi connectivity index (χ0n) is 12.1. The van der Waals surface area contributed by atoms with Crippen LogP contribution in [0.4, 0.5) is 4.79 Å². The number of hydrogen-bond donors (Lipinski definition) is 2. The quantitative estimate of drug-likeness (QED) is 0.741. The highest BCUT2D eigenvalue weighted by molar-refractivity contribution is 5.89. The molecule has 0 aliphatic carbocycles. The van der Waals surface area contributed by atoms with E-state index in [1.54, 1.807) is 0 Å². The van der Waals surface area contributed by atoms with Crippen LogP contribution in [0.25, 0.3) is 0 Å². The third kappa shape index (κ3) is 4.68. The van der Waals surface area contributed by atoms with Crippen molar-refractivity contribution in [1.29, 1.82) is 0 Å². The van der Waals surface area contributed by atoms with Gasteiger partial charge in [0.2, 0.25) is 5.91 Å². The predicted octanol–water partition coefficient (Wildman–Crippen LogP) is 1.02. The van der Waals surface area contributed by atoms with Gasteiger partial charge in [-0.2, -0.15) is 0 Å². The van der Waals surface area contributed by atoms with E-state index in [9.17, 15) is 14.4 Å². The van der Waals surface area contributed by atoms with E-state index in [0.717, 1.165) is 0 Å². The average molecular weight is 282 g/mol. The molecule has 2 amide bonds. The number of carbonyl (C=O) groups excluding carboxylic acids is 3. The van der Waals surface area contributed by atoms with Crippen molar-refractivity contribution in [1.82, 2.24) is 10.6 Å². The summed E-state index contributed by atoms with van der Waals surface area (Å²) in [5.74, 6) is -0.708. The third-order valence-electron chi connectivity index (χ3n) is 3.44. The van der Waals surface area contributed by atoms with Gasteiger partial charge in [-0.1, -0.05) is 19.1 Å². The number of ether oxygens (including phenoxy) is 1. The van der Waals surface area contributed by atoms with Crippen molar-refractivity contribution in [3.05, 3.63) is 12.2 Å².